The summed E-state index contributed by atoms with van der Waals surface area (Å²) in [5.41, 5.74) is 4.77. The van der Waals surface area contributed by atoms with Gasteiger partial charge < -0.3 is 5.73 Å². The molecular weight excluding hydrogens is 291 g/mol. The van der Waals surface area contributed by atoms with E-state index in [-0.39, 0.29) is 14.9 Å². The summed E-state index contributed by atoms with van der Waals surface area (Å²) in [4.78, 5) is 16.1. The molecule has 0 fully saturated rings. The highest BCUT2D eigenvalue weighted by Crippen LogP contribution is 2.28. The molecule has 17 heavy (non-hydrogen) atoms. The Morgan fingerprint density at radius 3 is 2.35 bits per heavy atom. The maximum absolute atomic E-state index is 11.7. The molecule has 0 heterocycles. The molecule has 0 bridgehead atoms. The Hall–Kier alpha value is -0.860. The number of amides is 1. The Morgan fingerprint density at radius 2 is 1.88 bits per heavy atom. The number of benzene rings is 1. The van der Waals surface area contributed by atoms with Gasteiger partial charge in [0.05, 0.1) is 10.0 Å². The zero-order valence-corrected chi connectivity index (χ0v) is 10.6. The monoisotopic (exact) mass is 298 g/mol. The van der Waals surface area contributed by atoms with Crippen molar-refractivity contribution in [3.8, 4) is 0 Å². The summed E-state index contributed by atoms with van der Waals surface area (Å²) in [7, 11) is -4.06. The quantitative estimate of drug-likeness (QED) is 0.781. The number of hydrogen-bond acceptors (Lipinski definition) is 4. The van der Waals surface area contributed by atoms with E-state index in [0.29, 0.717) is 0 Å². The normalized spacial score (nSPS) is 11.4. The Kier molecular flexibility index (Phi) is 4.72. The van der Waals surface area contributed by atoms with Crippen LogP contribution in [0.5, 0.6) is 0 Å². The van der Waals surface area contributed by atoms with E-state index in [2.05, 4.69) is 4.84 Å². The first-order chi connectivity index (χ1) is 7.84. The Labute approximate surface area is 108 Å². The van der Waals surface area contributed by atoms with E-state index in [1.165, 1.54) is 18.2 Å². The molecule has 0 aliphatic heterocycles. The number of halogens is 2. The second-order valence-electron chi connectivity index (χ2n) is 2.89. The van der Waals surface area contributed by atoms with Crippen LogP contribution >= 0.6 is 23.2 Å². The zero-order valence-electron chi connectivity index (χ0n) is 8.31. The smallest absolute Gasteiger partial charge is 0.265 e. The van der Waals surface area contributed by atoms with Gasteiger partial charge in [-0.15, -0.1) is 0 Å². The predicted molar refractivity (Wildman–Crippen MR) is 61.9 cm³/mol. The second-order valence-corrected chi connectivity index (χ2v) is 5.29. The predicted octanol–water partition coefficient (Wildman–Crippen LogP) is 0.689. The number of sulfonamides is 1. The van der Waals surface area contributed by atoms with Crippen LogP contribution in [0.25, 0.3) is 0 Å². The van der Waals surface area contributed by atoms with Crippen LogP contribution in [0.2, 0.25) is 10.0 Å². The third-order valence-electron chi connectivity index (χ3n) is 1.57. The SMILES string of the molecule is NC(=O)CONS(=O)(=O)c1c(Cl)cccc1Cl. The molecule has 0 saturated carbocycles. The largest absolute Gasteiger partial charge is 0.368 e. The molecule has 94 valence electrons. The van der Waals surface area contributed by atoms with E-state index in [0.717, 1.165) is 0 Å². The molecule has 9 heteroatoms. The van der Waals surface area contributed by atoms with E-state index >= 15 is 0 Å². The molecule has 1 amide bonds. The van der Waals surface area contributed by atoms with Crippen molar-refractivity contribution in [2.45, 2.75) is 4.90 Å². The molecule has 0 aromatic heterocycles. The third-order valence-corrected chi connectivity index (χ3v) is 3.74. The average molecular weight is 299 g/mol. The highest BCUT2D eigenvalue weighted by molar-refractivity contribution is 7.89. The summed E-state index contributed by atoms with van der Waals surface area (Å²) < 4.78 is 23.4. The van der Waals surface area contributed by atoms with Gasteiger partial charge in [0.25, 0.3) is 10.0 Å². The lowest BCUT2D eigenvalue weighted by molar-refractivity contribution is -0.123. The molecule has 0 saturated heterocycles. The number of primary amides is 1. The highest BCUT2D eigenvalue weighted by atomic mass is 35.5. The van der Waals surface area contributed by atoms with Crippen LogP contribution in [0, 0.1) is 0 Å². The van der Waals surface area contributed by atoms with Crippen LogP contribution in [0.1, 0.15) is 0 Å². The van der Waals surface area contributed by atoms with Gasteiger partial charge in [-0.25, -0.2) is 8.42 Å². The minimum atomic E-state index is -4.06. The van der Waals surface area contributed by atoms with Crippen LogP contribution in [-0.4, -0.2) is 20.9 Å². The Morgan fingerprint density at radius 1 is 1.35 bits per heavy atom. The molecular formula is C8H8Cl2N2O4S. The molecule has 0 aliphatic rings. The van der Waals surface area contributed by atoms with E-state index < -0.39 is 22.5 Å². The molecule has 1 aromatic rings. The van der Waals surface area contributed by atoms with Crippen molar-refractivity contribution in [1.29, 1.82) is 0 Å². The van der Waals surface area contributed by atoms with Gasteiger partial charge in [0.2, 0.25) is 5.91 Å². The minimum Gasteiger partial charge on any atom is -0.368 e. The van der Waals surface area contributed by atoms with Crippen molar-refractivity contribution in [2.75, 3.05) is 6.61 Å². The molecule has 3 N–H and O–H groups in total. The number of carbonyl (C=O) groups excluding carboxylic acids is 1. The van der Waals surface area contributed by atoms with Crippen LogP contribution in [0.3, 0.4) is 0 Å². The van der Waals surface area contributed by atoms with E-state index in [1.807, 2.05) is 0 Å². The fourth-order valence-corrected chi connectivity index (χ4v) is 2.91. The molecule has 0 atom stereocenters. The molecule has 1 aromatic carbocycles. The Bertz CT molecular complexity index is 512. The zero-order chi connectivity index (χ0) is 13.1. The summed E-state index contributed by atoms with van der Waals surface area (Å²) in [6.07, 6.45) is 0. The van der Waals surface area contributed by atoms with Crippen LogP contribution in [0.15, 0.2) is 23.1 Å². The van der Waals surface area contributed by atoms with Crippen molar-refractivity contribution in [2.24, 2.45) is 5.73 Å². The highest BCUT2D eigenvalue weighted by Gasteiger charge is 2.21. The van der Waals surface area contributed by atoms with Crippen LogP contribution in [0.4, 0.5) is 0 Å². The number of hydrogen-bond donors (Lipinski definition) is 2. The first kappa shape index (κ1) is 14.2. The third kappa shape index (κ3) is 3.83. The van der Waals surface area contributed by atoms with Crippen LogP contribution < -0.4 is 10.6 Å². The molecule has 1 rings (SSSR count). The van der Waals surface area contributed by atoms with Gasteiger partial charge in [-0.3, -0.25) is 9.63 Å². The summed E-state index contributed by atoms with van der Waals surface area (Å²) in [6, 6.07) is 4.21. The van der Waals surface area contributed by atoms with Gasteiger partial charge in [0, 0.05) is 0 Å². The fourth-order valence-electron chi connectivity index (χ4n) is 0.959. The lowest BCUT2D eigenvalue weighted by atomic mass is 10.4. The van der Waals surface area contributed by atoms with Crippen molar-refractivity contribution >= 4 is 39.1 Å². The second kappa shape index (κ2) is 5.65. The van der Waals surface area contributed by atoms with Gasteiger partial charge in [0.15, 0.2) is 0 Å². The number of nitrogens with two attached hydrogens (primary N) is 1. The molecule has 0 radical (unpaired) electrons. The number of nitrogens with one attached hydrogen (secondary N) is 1. The van der Waals surface area contributed by atoms with E-state index in [9.17, 15) is 13.2 Å². The summed E-state index contributed by atoms with van der Waals surface area (Å²) in [5.74, 6) is -0.821. The first-order valence-corrected chi connectivity index (χ1v) is 6.44. The standard InChI is InChI=1S/C8H8Cl2N2O4S/c9-5-2-1-3-6(10)8(5)17(14,15)12-16-4-7(11)13/h1-3,12H,4H2,(H2,11,13). The average Bonchev–Trinajstić information content (AvgIpc) is 2.15. The molecule has 0 spiro atoms. The molecule has 0 aliphatic carbocycles. The van der Waals surface area contributed by atoms with Crippen molar-refractivity contribution in [1.82, 2.24) is 4.89 Å². The van der Waals surface area contributed by atoms with Crippen molar-refractivity contribution in [3.05, 3.63) is 28.2 Å². The number of carbonyl (C=O) groups is 1. The maximum atomic E-state index is 11.7. The van der Waals surface area contributed by atoms with Crippen molar-refractivity contribution in [3.63, 3.8) is 0 Å². The Balaban J connectivity index is 2.94. The van der Waals surface area contributed by atoms with E-state index in [4.69, 9.17) is 28.9 Å². The van der Waals surface area contributed by atoms with Gasteiger partial charge >= 0.3 is 0 Å². The molecule has 0 unspecified atom stereocenters. The van der Waals surface area contributed by atoms with Gasteiger partial charge in [-0.2, -0.15) is 0 Å². The fraction of sp³-hybridized carbons (Fsp3) is 0.125. The first-order valence-electron chi connectivity index (χ1n) is 4.20. The lowest BCUT2D eigenvalue weighted by Crippen LogP contribution is -2.29. The van der Waals surface area contributed by atoms with E-state index in [1.54, 1.807) is 4.89 Å². The number of rotatable bonds is 5. The van der Waals surface area contributed by atoms with Gasteiger partial charge in [-0.1, -0.05) is 34.2 Å². The van der Waals surface area contributed by atoms with Crippen LogP contribution in [-0.2, 0) is 19.7 Å². The van der Waals surface area contributed by atoms with Gasteiger partial charge in [-0.05, 0) is 12.1 Å². The maximum Gasteiger partial charge on any atom is 0.265 e. The molecule has 6 nitrogen and oxygen atoms in total. The lowest BCUT2D eigenvalue weighted by Gasteiger charge is -2.08. The summed E-state index contributed by atoms with van der Waals surface area (Å²) in [5, 5.41) is -0.125. The van der Waals surface area contributed by atoms with Gasteiger partial charge in [0.1, 0.15) is 11.5 Å². The topological polar surface area (TPSA) is 98.5 Å². The summed E-state index contributed by atoms with van der Waals surface area (Å²) >= 11 is 11.4. The summed E-state index contributed by atoms with van der Waals surface area (Å²) in [6.45, 7) is -0.596. The minimum absolute atomic E-state index is 0.0623. The van der Waals surface area contributed by atoms with Crippen molar-refractivity contribution < 1.29 is 18.0 Å².